The summed E-state index contributed by atoms with van der Waals surface area (Å²) >= 11 is 0. The highest BCUT2D eigenvalue weighted by Gasteiger charge is 2.40. The lowest BCUT2D eigenvalue weighted by Gasteiger charge is -2.37. The van der Waals surface area contributed by atoms with Crippen LogP contribution in [0.4, 0.5) is 0 Å². The zero-order chi connectivity index (χ0) is 21.3. The molecule has 2 N–H and O–H groups in total. The molecule has 10 heteroatoms. The molecule has 0 saturated carbocycles. The molecule has 0 spiro atoms. The molecule has 2 amide bonds. The molecule has 0 radical (unpaired) electrons. The van der Waals surface area contributed by atoms with Crippen LogP contribution in [0.3, 0.4) is 0 Å². The number of imide groups is 1. The molecule has 1 atom stereocenters. The summed E-state index contributed by atoms with van der Waals surface area (Å²) < 4.78 is 17.4. The monoisotopic (exact) mass is 429 g/mol. The molecule has 2 rings (SSSR count). The predicted molar refractivity (Wildman–Crippen MR) is 106 cm³/mol. The Morgan fingerprint density at radius 2 is 1.61 bits per heavy atom. The molecule has 0 aliphatic carbocycles. The number of rotatable bonds is 8. The Bertz CT molecular complexity index is 764. The molecule has 1 aliphatic rings. The highest BCUT2D eigenvalue weighted by Crippen LogP contribution is 2.38. The molecule has 0 fully saturated rings. The van der Waals surface area contributed by atoms with Gasteiger partial charge in [-0.25, -0.2) is 0 Å². The first-order valence-corrected chi connectivity index (χ1v) is 13.8. The van der Waals surface area contributed by atoms with Crippen LogP contribution in [0.2, 0.25) is 18.1 Å². The van der Waals surface area contributed by atoms with Crippen LogP contribution in [0.5, 0.6) is 0 Å². The standard InChI is InChI=1S/C18H28NO7PSi/c1-18(2,3)28(4,5)25-12-13(10-11-27(22,23)24)26-19-16(20)14-8-6-7-9-15(14)17(19)21/h6-9,13H,10-12H2,1-5H3,(H2,22,23,24). The Hall–Kier alpha value is -1.35. The summed E-state index contributed by atoms with van der Waals surface area (Å²) in [6.07, 6.45) is -1.32. The molecular formula is C18H28NO7PSi. The number of carbonyl (C=O) groups excluding carboxylic acids is 2. The normalized spacial score (nSPS) is 16.5. The molecule has 0 aromatic heterocycles. The molecular weight excluding hydrogens is 401 g/mol. The van der Waals surface area contributed by atoms with E-state index < -0.39 is 40.0 Å². The third-order valence-corrected chi connectivity index (χ3v) is 10.5. The van der Waals surface area contributed by atoms with Crippen molar-refractivity contribution in [1.29, 1.82) is 0 Å². The highest BCUT2D eigenvalue weighted by atomic mass is 31.2. The Labute approximate surface area is 166 Å². The molecule has 1 aromatic rings. The maximum atomic E-state index is 12.5. The van der Waals surface area contributed by atoms with Gasteiger partial charge in [-0.05, 0) is 36.7 Å². The molecule has 0 saturated heterocycles. The molecule has 1 heterocycles. The van der Waals surface area contributed by atoms with Gasteiger partial charge in [0.25, 0.3) is 11.8 Å². The van der Waals surface area contributed by atoms with Crippen molar-refractivity contribution < 1.29 is 33.2 Å². The van der Waals surface area contributed by atoms with Gasteiger partial charge in [-0.15, -0.1) is 5.06 Å². The van der Waals surface area contributed by atoms with Crippen molar-refractivity contribution in [2.75, 3.05) is 12.8 Å². The van der Waals surface area contributed by atoms with Gasteiger partial charge in [0.15, 0.2) is 8.32 Å². The number of nitrogens with zero attached hydrogens (tertiary/aromatic N) is 1. The Morgan fingerprint density at radius 3 is 2.04 bits per heavy atom. The Morgan fingerprint density at radius 1 is 1.11 bits per heavy atom. The van der Waals surface area contributed by atoms with Crippen molar-refractivity contribution in [2.24, 2.45) is 0 Å². The fourth-order valence-electron chi connectivity index (χ4n) is 2.41. The van der Waals surface area contributed by atoms with Crippen LogP contribution in [-0.4, -0.2) is 53.9 Å². The Balaban J connectivity index is 2.15. The summed E-state index contributed by atoms with van der Waals surface area (Å²) in [5.74, 6) is -1.18. The average Bonchev–Trinajstić information content (AvgIpc) is 2.80. The summed E-state index contributed by atoms with van der Waals surface area (Å²) in [7, 11) is -6.42. The van der Waals surface area contributed by atoms with Gasteiger partial charge in [-0.3, -0.25) is 19.0 Å². The maximum Gasteiger partial charge on any atom is 0.325 e. The molecule has 0 bridgehead atoms. The lowest BCUT2D eigenvalue weighted by molar-refractivity contribution is -0.143. The zero-order valence-corrected chi connectivity index (χ0v) is 18.7. The minimum atomic E-state index is -4.26. The van der Waals surface area contributed by atoms with E-state index in [9.17, 15) is 23.9 Å². The van der Waals surface area contributed by atoms with Crippen molar-refractivity contribution in [3.63, 3.8) is 0 Å². The van der Waals surface area contributed by atoms with Crippen molar-refractivity contribution in [2.45, 2.75) is 51.4 Å². The summed E-state index contributed by atoms with van der Waals surface area (Å²) in [5, 5.41) is 0.598. The molecule has 1 unspecified atom stereocenters. The van der Waals surface area contributed by atoms with Crippen molar-refractivity contribution in [1.82, 2.24) is 5.06 Å². The number of hydrogen-bond acceptors (Lipinski definition) is 5. The van der Waals surface area contributed by atoms with Crippen LogP contribution < -0.4 is 0 Å². The van der Waals surface area contributed by atoms with E-state index in [2.05, 4.69) is 20.8 Å². The second-order valence-corrected chi connectivity index (χ2v) is 15.0. The molecule has 156 valence electrons. The van der Waals surface area contributed by atoms with Crippen LogP contribution in [0.25, 0.3) is 0 Å². The third kappa shape index (κ3) is 5.37. The fraction of sp³-hybridized carbons (Fsp3) is 0.556. The van der Waals surface area contributed by atoms with Crippen LogP contribution in [0, 0.1) is 0 Å². The van der Waals surface area contributed by atoms with Crippen molar-refractivity contribution in [3.8, 4) is 0 Å². The lowest BCUT2D eigenvalue weighted by Crippen LogP contribution is -2.44. The van der Waals surface area contributed by atoms with Crippen LogP contribution in [0.15, 0.2) is 24.3 Å². The van der Waals surface area contributed by atoms with E-state index in [1.165, 1.54) is 12.1 Å². The summed E-state index contributed by atoms with van der Waals surface area (Å²) in [6, 6.07) is 6.38. The first kappa shape index (κ1) is 22.9. The molecule has 1 aliphatic heterocycles. The summed E-state index contributed by atoms with van der Waals surface area (Å²) in [4.78, 5) is 49.0. The molecule has 8 nitrogen and oxygen atoms in total. The minimum Gasteiger partial charge on any atom is -0.414 e. The minimum absolute atomic E-state index is 0.0316. The smallest absolute Gasteiger partial charge is 0.325 e. The SMILES string of the molecule is CC(C)(C)[Si](C)(C)OCC(CCP(=O)(O)O)ON1C(=O)c2ccccc2C1=O. The highest BCUT2D eigenvalue weighted by molar-refractivity contribution is 7.51. The average molecular weight is 429 g/mol. The van der Waals surface area contributed by atoms with E-state index >= 15 is 0 Å². The van der Waals surface area contributed by atoms with Gasteiger partial charge in [0, 0.05) is 0 Å². The maximum absolute atomic E-state index is 12.5. The zero-order valence-electron chi connectivity index (χ0n) is 16.8. The van der Waals surface area contributed by atoms with E-state index in [-0.39, 0.29) is 29.2 Å². The first-order chi connectivity index (χ1) is 12.7. The second-order valence-electron chi connectivity index (χ2n) is 8.43. The van der Waals surface area contributed by atoms with E-state index in [1.807, 2.05) is 13.1 Å². The van der Waals surface area contributed by atoms with Gasteiger partial charge in [-0.2, -0.15) is 0 Å². The van der Waals surface area contributed by atoms with Gasteiger partial charge in [0.05, 0.1) is 23.9 Å². The predicted octanol–water partition coefficient (Wildman–Crippen LogP) is 3.17. The molecule has 28 heavy (non-hydrogen) atoms. The van der Waals surface area contributed by atoms with Crippen molar-refractivity contribution >= 4 is 27.7 Å². The second kappa shape index (κ2) is 8.18. The van der Waals surface area contributed by atoms with Gasteiger partial charge in [0.2, 0.25) is 0 Å². The van der Waals surface area contributed by atoms with E-state index in [0.717, 1.165) is 0 Å². The van der Waals surface area contributed by atoms with Gasteiger partial charge >= 0.3 is 7.60 Å². The summed E-state index contributed by atoms with van der Waals surface area (Å²) in [6.45, 7) is 10.3. The quantitative estimate of drug-likeness (QED) is 0.371. The number of benzene rings is 1. The first-order valence-electron chi connectivity index (χ1n) is 9.06. The lowest BCUT2D eigenvalue weighted by atomic mass is 10.1. The topological polar surface area (TPSA) is 113 Å². The molecule has 1 aromatic carbocycles. The summed E-state index contributed by atoms with van der Waals surface area (Å²) in [5.41, 5.74) is 0.484. The largest absolute Gasteiger partial charge is 0.414 e. The van der Waals surface area contributed by atoms with Crippen molar-refractivity contribution in [3.05, 3.63) is 35.4 Å². The Kier molecular flexibility index (Phi) is 6.70. The van der Waals surface area contributed by atoms with Gasteiger partial charge in [0.1, 0.15) is 6.10 Å². The fourth-order valence-corrected chi connectivity index (χ4v) is 4.07. The van der Waals surface area contributed by atoms with Gasteiger partial charge in [-0.1, -0.05) is 32.9 Å². The van der Waals surface area contributed by atoms with E-state index in [4.69, 9.17) is 9.26 Å². The van der Waals surface area contributed by atoms with E-state index in [0.29, 0.717) is 5.06 Å². The third-order valence-electron chi connectivity index (χ3n) is 5.19. The number of amides is 2. The van der Waals surface area contributed by atoms with Crippen LogP contribution in [0.1, 0.15) is 47.9 Å². The van der Waals surface area contributed by atoms with E-state index in [1.54, 1.807) is 12.1 Å². The number of fused-ring (bicyclic) bond motifs is 1. The van der Waals surface area contributed by atoms with Gasteiger partial charge < -0.3 is 14.2 Å². The van der Waals surface area contributed by atoms with Crippen LogP contribution >= 0.6 is 7.60 Å². The number of carbonyl (C=O) groups is 2. The number of hydroxylamine groups is 2. The van der Waals surface area contributed by atoms with Crippen LogP contribution in [-0.2, 0) is 13.8 Å². The number of hydrogen-bond donors (Lipinski definition) is 2.